The highest BCUT2D eigenvalue weighted by atomic mass is 35.5. The molecule has 1 atom stereocenters. The molecule has 0 fully saturated rings. The van der Waals surface area contributed by atoms with Gasteiger partial charge in [-0.05, 0) is 61.9 Å². The van der Waals surface area contributed by atoms with Gasteiger partial charge in [0.25, 0.3) is 0 Å². The van der Waals surface area contributed by atoms with Crippen molar-refractivity contribution in [3.63, 3.8) is 0 Å². The van der Waals surface area contributed by atoms with Crippen LogP contribution < -0.4 is 4.90 Å². The fraction of sp³-hybridized carbons (Fsp3) is 0.458. The summed E-state index contributed by atoms with van der Waals surface area (Å²) in [5, 5.41) is 1.39. The molecule has 0 saturated heterocycles. The maximum atomic E-state index is 6.71. The second-order valence-corrected chi connectivity index (χ2v) is 9.47. The monoisotopic (exact) mass is 429 g/mol. The largest absolute Gasteiger partial charge is 0.370 e. The molecular weight excluding hydrogens is 401 g/mol. The molecular formula is C24H29Cl2N3. The molecule has 2 heterocycles. The molecule has 29 heavy (non-hydrogen) atoms. The Morgan fingerprint density at radius 3 is 2.59 bits per heavy atom. The Labute approximate surface area is 183 Å². The van der Waals surface area contributed by atoms with Gasteiger partial charge in [-0.1, -0.05) is 49.2 Å². The molecule has 0 bridgehead atoms. The zero-order valence-corrected chi connectivity index (χ0v) is 19.2. The van der Waals surface area contributed by atoms with E-state index in [-0.39, 0.29) is 11.3 Å². The van der Waals surface area contributed by atoms with E-state index in [9.17, 15) is 0 Å². The van der Waals surface area contributed by atoms with E-state index in [1.807, 2.05) is 12.1 Å². The molecule has 1 aromatic heterocycles. The maximum absolute atomic E-state index is 6.71. The van der Waals surface area contributed by atoms with Crippen molar-refractivity contribution in [3.8, 4) is 0 Å². The van der Waals surface area contributed by atoms with Crippen LogP contribution in [0, 0.1) is 5.41 Å². The summed E-state index contributed by atoms with van der Waals surface area (Å²) in [6.45, 7) is 12.0. The van der Waals surface area contributed by atoms with Crippen molar-refractivity contribution in [1.82, 2.24) is 9.55 Å². The molecule has 1 unspecified atom stereocenters. The van der Waals surface area contributed by atoms with E-state index < -0.39 is 0 Å². The summed E-state index contributed by atoms with van der Waals surface area (Å²) in [4.78, 5) is 7.60. The summed E-state index contributed by atoms with van der Waals surface area (Å²) in [5.41, 5.74) is 4.75. The molecule has 2 aromatic carbocycles. The van der Waals surface area contributed by atoms with Crippen molar-refractivity contribution in [2.45, 2.75) is 53.0 Å². The number of para-hydroxylation sites is 1. The van der Waals surface area contributed by atoms with Crippen LogP contribution in [0.15, 0.2) is 36.4 Å². The van der Waals surface area contributed by atoms with Crippen LogP contribution >= 0.6 is 23.2 Å². The molecule has 0 spiro atoms. The zero-order valence-electron chi connectivity index (χ0n) is 17.7. The molecule has 0 saturated carbocycles. The Kier molecular flexibility index (Phi) is 5.56. The van der Waals surface area contributed by atoms with Crippen molar-refractivity contribution >= 4 is 39.9 Å². The number of benzene rings is 2. The van der Waals surface area contributed by atoms with E-state index in [4.69, 9.17) is 28.2 Å². The summed E-state index contributed by atoms with van der Waals surface area (Å²) in [7, 11) is 0. The van der Waals surface area contributed by atoms with Gasteiger partial charge in [-0.3, -0.25) is 0 Å². The lowest BCUT2D eigenvalue weighted by Crippen LogP contribution is -2.24. The first kappa shape index (κ1) is 20.6. The number of nitrogens with zero attached hydrogens (tertiary/aromatic N) is 3. The van der Waals surface area contributed by atoms with E-state index in [2.05, 4.69) is 61.4 Å². The quantitative estimate of drug-likeness (QED) is 0.439. The topological polar surface area (TPSA) is 21.1 Å². The van der Waals surface area contributed by atoms with Crippen LogP contribution in [0.25, 0.3) is 11.0 Å². The third-order valence-electron chi connectivity index (χ3n) is 6.40. The van der Waals surface area contributed by atoms with Crippen LogP contribution in [0.5, 0.6) is 0 Å². The van der Waals surface area contributed by atoms with E-state index in [0.717, 1.165) is 54.4 Å². The number of halogens is 2. The number of anilines is 1. The maximum Gasteiger partial charge on any atom is 0.118 e. The van der Waals surface area contributed by atoms with Gasteiger partial charge in [-0.2, -0.15) is 0 Å². The molecule has 5 heteroatoms. The van der Waals surface area contributed by atoms with Crippen LogP contribution in [0.2, 0.25) is 10.0 Å². The van der Waals surface area contributed by atoms with Crippen molar-refractivity contribution in [3.05, 3.63) is 57.8 Å². The van der Waals surface area contributed by atoms with Gasteiger partial charge in [0.2, 0.25) is 0 Å². The molecule has 0 aliphatic carbocycles. The van der Waals surface area contributed by atoms with Crippen molar-refractivity contribution in [1.29, 1.82) is 0 Å². The number of hydrogen-bond acceptors (Lipinski definition) is 2. The summed E-state index contributed by atoms with van der Waals surface area (Å²) >= 11 is 12.9. The van der Waals surface area contributed by atoms with E-state index >= 15 is 0 Å². The van der Waals surface area contributed by atoms with Gasteiger partial charge in [0.1, 0.15) is 5.82 Å². The first-order valence-electron chi connectivity index (χ1n) is 10.6. The fourth-order valence-corrected chi connectivity index (χ4v) is 5.45. The van der Waals surface area contributed by atoms with Crippen LogP contribution in [-0.4, -0.2) is 22.6 Å². The highest BCUT2D eigenvalue weighted by Gasteiger charge is 2.39. The number of rotatable bonds is 4. The standard InChI is InChI=1S/C24H29Cl2N3/c1-5-28(6-2)20-10-7-9-19-22(20)29-14-8-13-24(3,4)21(23(29)27-19)17-12-11-16(25)15-18(17)26/h7,9-12,15,21H,5-6,8,13-14H2,1-4H3. The molecule has 3 aromatic rings. The Balaban J connectivity index is 2.00. The van der Waals surface area contributed by atoms with Crippen LogP contribution in [0.1, 0.15) is 57.8 Å². The Bertz CT molecular complexity index is 1030. The highest BCUT2D eigenvalue weighted by Crippen LogP contribution is 2.49. The fourth-order valence-electron chi connectivity index (χ4n) is 4.93. The minimum Gasteiger partial charge on any atom is -0.370 e. The molecule has 4 rings (SSSR count). The normalized spacial score (nSPS) is 18.5. The van der Waals surface area contributed by atoms with Gasteiger partial charge in [-0.25, -0.2) is 4.98 Å². The van der Waals surface area contributed by atoms with Crippen molar-refractivity contribution < 1.29 is 0 Å². The summed E-state index contributed by atoms with van der Waals surface area (Å²) < 4.78 is 2.45. The molecule has 1 aliphatic rings. The number of aryl methyl sites for hydroxylation is 1. The highest BCUT2D eigenvalue weighted by molar-refractivity contribution is 6.35. The van der Waals surface area contributed by atoms with Gasteiger partial charge in [0, 0.05) is 35.6 Å². The SMILES string of the molecule is CCN(CC)c1cccc2nc3n(c12)CCCC(C)(C)C3c1ccc(Cl)cc1Cl. The summed E-state index contributed by atoms with van der Waals surface area (Å²) in [6.07, 6.45) is 2.24. The predicted octanol–water partition coefficient (Wildman–Crippen LogP) is 7.14. The van der Waals surface area contributed by atoms with Crippen LogP contribution in [0.3, 0.4) is 0 Å². The van der Waals surface area contributed by atoms with Gasteiger partial charge >= 0.3 is 0 Å². The van der Waals surface area contributed by atoms with Crippen LogP contribution in [-0.2, 0) is 6.54 Å². The Morgan fingerprint density at radius 2 is 1.90 bits per heavy atom. The van der Waals surface area contributed by atoms with Crippen LogP contribution in [0.4, 0.5) is 5.69 Å². The lowest BCUT2D eigenvalue weighted by atomic mass is 9.72. The third-order valence-corrected chi connectivity index (χ3v) is 6.96. The van der Waals surface area contributed by atoms with Crippen molar-refractivity contribution in [2.75, 3.05) is 18.0 Å². The average molecular weight is 430 g/mol. The van der Waals surface area contributed by atoms with Gasteiger partial charge in [0.05, 0.1) is 16.7 Å². The first-order valence-corrected chi connectivity index (χ1v) is 11.3. The second-order valence-electron chi connectivity index (χ2n) is 8.63. The smallest absolute Gasteiger partial charge is 0.118 e. The number of hydrogen-bond donors (Lipinski definition) is 0. The minimum atomic E-state index is 0.0441. The minimum absolute atomic E-state index is 0.0441. The number of aromatic nitrogens is 2. The second kappa shape index (κ2) is 7.85. The molecule has 154 valence electrons. The Hall–Kier alpha value is -1.71. The lowest BCUT2D eigenvalue weighted by Gasteiger charge is -2.33. The predicted molar refractivity (Wildman–Crippen MR) is 125 cm³/mol. The van der Waals surface area contributed by atoms with E-state index in [1.165, 1.54) is 11.2 Å². The molecule has 3 nitrogen and oxygen atoms in total. The molecule has 0 radical (unpaired) electrons. The summed E-state index contributed by atoms with van der Waals surface area (Å²) in [6, 6.07) is 12.4. The van der Waals surface area contributed by atoms with Crippen molar-refractivity contribution in [2.24, 2.45) is 5.41 Å². The van der Waals surface area contributed by atoms with Gasteiger partial charge in [0.15, 0.2) is 0 Å². The van der Waals surface area contributed by atoms with Gasteiger partial charge < -0.3 is 9.47 Å². The average Bonchev–Trinajstić information content (AvgIpc) is 2.97. The Morgan fingerprint density at radius 1 is 1.14 bits per heavy atom. The number of fused-ring (bicyclic) bond motifs is 3. The van der Waals surface area contributed by atoms with E-state index in [1.54, 1.807) is 0 Å². The first-order chi connectivity index (χ1) is 13.9. The third kappa shape index (κ3) is 3.53. The zero-order chi connectivity index (χ0) is 20.8. The summed E-state index contributed by atoms with van der Waals surface area (Å²) in [5.74, 6) is 1.23. The lowest BCUT2D eigenvalue weighted by molar-refractivity contribution is 0.290. The van der Waals surface area contributed by atoms with E-state index in [0.29, 0.717) is 5.02 Å². The molecule has 0 amide bonds. The molecule has 0 N–H and O–H groups in total. The number of imidazole rings is 1. The van der Waals surface area contributed by atoms with Gasteiger partial charge in [-0.15, -0.1) is 0 Å². The molecule has 1 aliphatic heterocycles.